The Bertz CT molecular complexity index is 376. The van der Waals surface area contributed by atoms with E-state index in [1.807, 2.05) is 6.92 Å². The lowest BCUT2D eigenvalue weighted by Crippen LogP contribution is -2.56. The average molecular weight is 297 g/mol. The van der Waals surface area contributed by atoms with Gasteiger partial charge in [0, 0.05) is 6.42 Å². The fourth-order valence-electron chi connectivity index (χ4n) is 2.87. The smallest absolute Gasteiger partial charge is 0.329 e. The van der Waals surface area contributed by atoms with Gasteiger partial charge in [0.05, 0.1) is 0 Å². The highest BCUT2D eigenvalue weighted by Crippen LogP contribution is 2.35. The highest BCUT2D eigenvalue weighted by molar-refractivity contribution is 5.87. The second-order valence-electron chi connectivity index (χ2n) is 7.76. The lowest BCUT2D eigenvalue weighted by molar-refractivity contribution is -0.150. The minimum absolute atomic E-state index is 0.0492. The van der Waals surface area contributed by atoms with Gasteiger partial charge in [-0.25, -0.2) is 4.79 Å². The monoisotopic (exact) mass is 297 g/mol. The van der Waals surface area contributed by atoms with E-state index < -0.39 is 11.5 Å². The molecule has 1 atom stereocenters. The predicted molar refractivity (Wildman–Crippen MR) is 84.0 cm³/mol. The predicted octanol–water partition coefficient (Wildman–Crippen LogP) is 3.60. The lowest BCUT2D eigenvalue weighted by Gasteiger charge is -2.38. The Morgan fingerprint density at radius 3 is 2.19 bits per heavy atom. The van der Waals surface area contributed by atoms with Crippen LogP contribution in [0.5, 0.6) is 0 Å². The Balaban J connectivity index is 2.68. The van der Waals surface area contributed by atoms with Gasteiger partial charge >= 0.3 is 5.97 Å². The summed E-state index contributed by atoms with van der Waals surface area (Å²) in [5.74, 6) is -0.193. The van der Waals surface area contributed by atoms with Crippen molar-refractivity contribution in [3.05, 3.63) is 0 Å². The van der Waals surface area contributed by atoms with Crippen LogP contribution in [0.25, 0.3) is 0 Å². The van der Waals surface area contributed by atoms with Gasteiger partial charge in [0.1, 0.15) is 5.54 Å². The molecule has 21 heavy (non-hydrogen) atoms. The zero-order valence-electron chi connectivity index (χ0n) is 14.2. The zero-order valence-corrected chi connectivity index (χ0v) is 14.2. The second kappa shape index (κ2) is 6.80. The molecule has 1 fully saturated rings. The van der Waals surface area contributed by atoms with Crippen LogP contribution < -0.4 is 5.32 Å². The maximum Gasteiger partial charge on any atom is 0.329 e. The molecule has 0 aromatic heterocycles. The Morgan fingerprint density at radius 2 is 1.81 bits per heavy atom. The molecule has 0 radical (unpaired) electrons. The molecule has 1 aliphatic carbocycles. The van der Waals surface area contributed by atoms with Crippen LogP contribution in [0.15, 0.2) is 0 Å². The number of rotatable bonds is 5. The fraction of sp³-hybridized carbons (Fsp3) is 0.882. The van der Waals surface area contributed by atoms with Crippen molar-refractivity contribution in [2.24, 2.45) is 17.3 Å². The summed E-state index contributed by atoms with van der Waals surface area (Å²) < 4.78 is 0. The van der Waals surface area contributed by atoms with Crippen LogP contribution in [0.2, 0.25) is 0 Å². The van der Waals surface area contributed by atoms with Gasteiger partial charge in [-0.05, 0) is 42.9 Å². The molecule has 122 valence electrons. The van der Waals surface area contributed by atoms with E-state index in [0.29, 0.717) is 25.2 Å². The van der Waals surface area contributed by atoms with Crippen LogP contribution in [0.3, 0.4) is 0 Å². The van der Waals surface area contributed by atoms with Gasteiger partial charge < -0.3 is 10.4 Å². The molecule has 1 rings (SSSR count). The molecule has 4 nitrogen and oxygen atoms in total. The maximum absolute atomic E-state index is 12.3. The molecule has 1 aliphatic rings. The van der Waals surface area contributed by atoms with E-state index in [1.165, 1.54) is 0 Å². The number of amides is 1. The van der Waals surface area contributed by atoms with E-state index in [1.54, 1.807) is 0 Å². The third-order valence-electron chi connectivity index (χ3n) is 5.29. The largest absolute Gasteiger partial charge is 0.480 e. The van der Waals surface area contributed by atoms with Gasteiger partial charge in [0.2, 0.25) is 5.91 Å². The Labute approximate surface area is 128 Å². The first-order chi connectivity index (χ1) is 9.60. The number of aliphatic carboxylic acids is 1. The molecular formula is C17H31NO3. The summed E-state index contributed by atoms with van der Waals surface area (Å²) in [5.41, 5.74) is -0.992. The van der Waals surface area contributed by atoms with E-state index in [0.717, 1.165) is 19.3 Å². The van der Waals surface area contributed by atoms with Crippen LogP contribution in [-0.2, 0) is 9.59 Å². The second-order valence-corrected chi connectivity index (χ2v) is 7.76. The van der Waals surface area contributed by atoms with Gasteiger partial charge in [0.25, 0.3) is 0 Å². The average Bonchev–Trinajstić information content (AvgIpc) is 2.38. The molecule has 0 spiro atoms. The number of carboxylic acids is 1. The molecule has 1 amide bonds. The molecule has 0 aromatic rings. The molecule has 0 bridgehead atoms. The summed E-state index contributed by atoms with van der Waals surface area (Å²) in [5, 5.41) is 12.4. The number of hydrogen-bond acceptors (Lipinski definition) is 2. The van der Waals surface area contributed by atoms with Gasteiger partial charge in [-0.3, -0.25) is 4.79 Å². The highest BCUT2D eigenvalue weighted by atomic mass is 16.4. The maximum atomic E-state index is 12.3. The summed E-state index contributed by atoms with van der Waals surface area (Å²) in [6.45, 7) is 10.5. The van der Waals surface area contributed by atoms with Crippen molar-refractivity contribution < 1.29 is 14.7 Å². The third kappa shape index (κ3) is 4.72. The molecular weight excluding hydrogens is 266 g/mol. The van der Waals surface area contributed by atoms with Crippen LogP contribution in [0.1, 0.15) is 73.1 Å². The topological polar surface area (TPSA) is 66.4 Å². The first-order valence-electron chi connectivity index (χ1n) is 8.15. The zero-order chi connectivity index (χ0) is 16.3. The van der Waals surface area contributed by atoms with Gasteiger partial charge in [-0.2, -0.15) is 0 Å². The molecule has 0 aromatic carbocycles. The quantitative estimate of drug-likeness (QED) is 0.815. The van der Waals surface area contributed by atoms with Crippen LogP contribution >= 0.6 is 0 Å². The first kappa shape index (κ1) is 18.0. The molecule has 1 unspecified atom stereocenters. The van der Waals surface area contributed by atoms with Crippen molar-refractivity contribution in [3.8, 4) is 0 Å². The number of carboxylic acid groups (broad SMARTS) is 1. The summed E-state index contributed by atoms with van der Waals surface area (Å²) in [4.78, 5) is 23.9. The molecule has 2 N–H and O–H groups in total. The molecule has 1 saturated carbocycles. The van der Waals surface area contributed by atoms with Gasteiger partial charge in [-0.15, -0.1) is 0 Å². The Hall–Kier alpha value is -1.06. The highest BCUT2D eigenvalue weighted by Gasteiger charge is 2.43. The lowest BCUT2D eigenvalue weighted by atomic mass is 9.75. The minimum Gasteiger partial charge on any atom is -0.480 e. The van der Waals surface area contributed by atoms with Gasteiger partial charge in [-0.1, -0.05) is 41.0 Å². The summed E-state index contributed by atoms with van der Waals surface area (Å²) in [6.07, 6.45) is 4.35. The summed E-state index contributed by atoms with van der Waals surface area (Å²) in [6, 6.07) is 0. The summed E-state index contributed by atoms with van der Waals surface area (Å²) >= 11 is 0. The van der Waals surface area contributed by atoms with Gasteiger partial charge in [0.15, 0.2) is 0 Å². The number of carbonyl (C=O) groups is 2. The fourth-order valence-corrected chi connectivity index (χ4v) is 2.87. The van der Waals surface area contributed by atoms with E-state index in [4.69, 9.17) is 0 Å². The standard InChI is InChI=1S/C17H31NO3/c1-6-13-7-9-17(10-8-13,15(20)21)18-14(19)11-12(2)16(3,4)5/h12-13H,6-11H2,1-5H3,(H,18,19)(H,20,21). The number of nitrogens with one attached hydrogen (secondary N) is 1. The van der Waals surface area contributed by atoms with E-state index in [2.05, 4.69) is 33.0 Å². The molecule has 4 heteroatoms. The minimum atomic E-state index is -1.04. The molecule has 0 saturated heterocycles. The van der Waals surface area contributed by atoms with E-state index in [-0.39, 0.29) is 17.2 Å². The van der Waals surface area contributed by atoms with Crippen LogP contribution in [0, 0.1) is 17.3 Å². The number of carbonyl (C=O) groups excluding carboxylic acids is 1. The third-order valence-corrected chi connectivity index (χ3v) is 5.29. The SMILES string of the molecule is CCC1CCC(NC(=O)CC(C)C(C)(C)C)(C(=O)O)CC1. The van der Waals surface area contributed by atoms with Crippen molar-refractivity contribution in [1.82, 2.24) is 5.32 Å². The van der Waals surface area contributed by atoms with Crippen molar-refractivity contribution in [1.29, 1.82) is 0 Å². The molecule has 0 aliphatic heterocycles. The van der Waals surface area contributed by atoms with Crippen LogP contribution in [0.4, 0.5) is 0 Å². The number of hydrogen-bond donors (Lipinski definition) is 2. The van der Waals surface area contributed by atoms with Crippen molar-refractivity contribution in [2.45, 2.75) is 78.7 Å². The van der Waals surface area contributed by atoms with Crippen LogP contribution in [-0.4, -0.2) is 22.5 Å². The Kier molecular flexibility index (Phi) is 5.83. The summed E-state index contributed by atoms with van der Waals surface area (Å²) in [7, 11) is 0. The normalized spacial score (nSPS) is 28.0. The van der Waals surface area contributed by atoms with Crippen molar-refractivity contribution in [3.63, 3.8) is 0 Å². The van der Waals surface area contributed by atoms with E-state index >= 15 is 0 Å². The Morgan fingerprint density at radius 1 is 1.29 bits per heavy atom. The van der Waals surface area contributed by atoms with E-state index in [9.17, 15) is 14.7 Å². The van der Waals surface area contributed by atoms with Crippen molar-refractivity contribution in [2.75, 3.05) is 0 Å². The van der Waals surface area contributed by atoms with Crippen molar-refractivity contribution >= 4 is 11.9 Å². The molecule has 0 heterocycles. The first-order valence-corrected chi connectivity index (χ1v) is 8.15.